The number of hydrogen-bond acceptors (Lipinski definition) is 3. The maximum absolute atomic E-state index is 3.43. The van der Waals surface area contributed by atoms with Gasteiger partial charge in [0.25, 0.3) is 0 Å². The smallest absolute Gasteiger partial charge is 0.0106 e. The summed E-state index contributed by atoms with van der Waals surface area (Å²) >= 11 is 1.90. The summed E-state index contributed by atoms with van der Waals surface area (Å²) in [4.78, 5) is 1.35. The molecule has 0 heterocycles. The number of benzene rings is 1. The normalized spacial score (nSPS) is 10.9. The van der Waals surface area contributed by atoms with E-state index in [4.69, 9.17) is 0 Å². The van der Waals surface area contributed by atoms with Crippen molar-refractivity contribution in [1.82, 2.24) is 10.6 Å². The van der Waals surface area contributed by atoms with E-state index in [2.05, 4.69) is 54.8 Å². The lowest BCUT2D eigenvalue weighted by Gasteiger charge is -2.08. The molecule has 0 aliphatic rings. The van der Waals surface area contributed by atoms with Gasteiger partial charge in [0, 0.05) is 36.3 Å². The minimum atomic E-state index is 0.584. The lowest BCUT2D eigenvalue weighted by molar-refractivity contribution is 0.563. The molecule has 0 spiro atoms. The zero-order valence-corrected chi connectivity index (χ0v) is 11.0. The Balaban J connectivity index is 1.93. The highest BCUT2D eigenvalue weighted by molar-refractivity contribution is 7.99. The van der Waals surface area contributed by atoms with Crippen molar-refractivity contribution in [1.29, 1.82) is 0 Å². The van der Waals surface area contributed by atoms with Crippen LogP contribution in [0.4, 0.5) is 0 Å². The van der Waals surface area contributed by atoms with Crippen molar-refractivity contribution in [2.24, 2.45) is 0 Å². The van der Waals surface area contributed by atoms with E-state index >= 15 is 0 Å². The lowest BCUT2D eigenvalue weighted by atomic mass is 10.4. The van der Waals surface area contributed by atoms with Gasteiger partial charge < -0.3 is 10.6 Å². The molecule has 90 valence electrons. The van der Waals surface area contributed by atoms with Gasteiger partial charge in [0.2, 0.25) is 0 Å². The second-order valence-corrected chi connectivity index (χ2v) is 5.19. The predicted molar refractivity (Wildman–Crippen MR) is 73.2 cm³/mol. The standard InChI is InChI=1S/C13H22N2S/c1-12(2)15-9-8-14-10-11-16-13-6-4-3-5-7-13/h3-7,12,14-15H,8-11H2,1-2H3. The van der Waals surface area contributed by atoms with E-state index in [9.17, 15) is 0 Å². The fraction of sp³-hybridized carbons (Fsp3) is 0.538. The van der Waals surface area contributed by atoms with Gasteiger partial charge in [-0.1, -0.05) is 32.0 Å². The Morgan fingerprint density at radius 1 is 1.06 bits per heavy atom. The molecule has 2 nitrogen and oxygen atoms in total. The molecule has 0 atom stereocenters. The molecule has 1 aromatic rings. The summed E-state index contributed by atoms with van der Waals surface area (Å²) in [6.45, 7) is 7.51. The molecule has 2 N–H and O–H groups in total. The second-order valence-electron chi connectivity index (χ2n) is 4.02. The summed E-state index contributed by atoms with van der Waals surface area (Å²) in [5, 5.41) is 6.81. The van der Waals surface area contributed by atoms with Crippen LogP contribution in [0.5, 0.6) is 0 Å². The molecule has 0 aliphatic heterocycles. The third-order valence-electron chi connectivity index (χ3n) is 2.15. The summed E-state index contributed by atoms with van der Waals surface area (Å²) in [5.74, 6) is 1.13. The van der Waals surface area contributed by atoms with Gasteiger partial charge in [-0.25, -0.2) is 0 Å². The highest BCUT2D eigenvalue weighted by Crippen LogP contribution is 2.15. The molecular weight excluding hydrogens is 216 g/mol. The van der Waals surface area contributed by atoms with Gasteiger partial charge >= 0.3 is 0 Å². The van der Waals surface area contributed by atoms with Crippen LogP contribution in [0.1, 0.15) is 13.8 Å². The van der Waals surface area contributed by atoms with Gasteiger partial charge in [0.05, 0.1) is 0 Å². The zero-order valence-electron chi connectivity index (χ0n) is 10.2. The molecule has 0 aromatic heterocycles. The maximum Gasteiger partial charge on any atom is 0.0106 e. The van der Waals surface area contributed by atoms with Crippen LogP contribution in [0, 0.1) is 0 Å². The van der Waals surface area contributed by atoms with Crippen LogP contribution in [0.2, 0.25) is 0 Å². The Morgan fingerprint density at radius 3 is 2.50 bits per heavy atom. The average Bonchev–Trinajstić information content (AvgIpc) is 2.29. The minimum Gasteiger partial charge on any atom is -0.315 e. The van der Waals surface area contributed by atoms with Crippen molar-refractivity contribution in [3.63, 3.8) is 0 Å². The minimum absolute atomic E-state index is 0.584. The van der Waals surface area contributed by atoms with Gasteiger partial charge in [0.1, 0.15) is 0 Å². The molecule has 1 aromatic carbocycles. The topological polar surface area (TPSA) is 24.1 Å². The molecule has 1 rings (SSSR count). The molecule has 0 amide bonds. The van der Waals surface area contributed by atoms with Gasteiger partial charge in [0.15, 0.2) is 0 Å². The SMILES string of the molecule is CC(C)NCCNCCSc1ccccc1. The number of hydrogen-bond donors (Lipinski definition) is 2. The van der Waals surface area contributed by atoms with Gasteiger partial charge in [-0.05, 0) is 12.1 Å². The highest BCUT2D eigenvalue weighted by Gasteiger charge is 1.93. The fourth-order valence-electron chi connectivity index (χ4n) is 1.33. The van der Waals surface area contributed by atoms with Crippen molar-refractivity contribution in [3.8, 4) is 0 Å². The Bertz CT molecular complexity index is 262. The fourth-order valence-corrected chi connectivity index (χ4v) is 2.16. The van der Waals surface area contributed by atoms with Crippen LogP contribution < -0.4 is 10.6 Å². The van der Waals surface area contributed by atoms with Crippen molar-refractivity contribution in [3.05, 3.63) is 30.3 Å². The molecule has 3 heteroatoms. The summed E-state index contributed by atoms with van der Waals surface area (Å²) in [5.41, 5.74) is 0. The molecule has 0 saturated heterocycles. The molecule has 0 fully saturated rings. The van der Waals surface area contributed by atoms with Crippen LogP contribution >= 0.6 is 11.8 Å². The van der Waals surface area contributed by atoms with E-state index in [1.165, 1.54) is 4.90 Å². The van der Waals surface area contributed by atoms with E-state index in [1.54, 1.807) is 0 Å². The van der Waals surface area contributed by atoms with Crippen LogP contribution in [0.15, 0.2) is 35.2 Å². The van der Waals surface area contributed by atoms with E-state index in [0.717, 1.165) is 25.4 Å². The molecule has 0 bridgehead atoms. The third-order valence-corrected chi connectivity index (χ3v) is 3.16. The van der Waals surface area contributed by atoms with Crippen LogP contribution in [-0.4, -0.2) is 31.4 Å². The average molecular weight is 238 g/mol. The molecule has 0 saturated carbocycles. The first-order valence-electron chi connectivity index (χ1n) is 5.91. The molecule has 16 heavy (non-hydrogen) atoms. The first kappa shape index (κ1) is 13.6. The monoisotopic (exact) mass is 238 g/mol. The summed E-state index contributed by atoms with van der Waals surface area (Å²) in [6, 6.07) is 11.1. The Kier molecular flexibility index (Phi) is 7.30. The van der Waals surface area contributed by atoms with E-state index in [0.29, 0.717) is 6.04 Å². The number of rotatable bonds is 8. The highest BCUT2D eigenvalue weighted by atomic mass is 32.2. The molecule has 0 aliphatic carbocycles. The summed E-state index contributed by atoms with van der Waals surface area (Å²) in [7, 11) is 0. The predicted octanol–water partition coefficient (Wildman–Crippen LogP) is 2.37. The first-order valence-corrected chi connectivity index (χ1v) is 6.89. The molecular formula is C13H22N2S. The van der Waals surface area contributed by atoms with E-state index in [1.807, 2.05) is 11.8 Å². The van der Waals surface area contributed by atoms with E-state index < -0.39 is 0 Å². The zero-order chi connectivity index (χ0) is 11.6. The Hall–Kier alpha value is -0.510. The van der Waals surface area contributed by atoms with E-state index in [-0.39, 0.29) is 0 Å². The Labute approximate surface area is 103 Å². The van der Waals surface area contributed by atoms with Crippen LogP contribution in [0.25, 0.3) is 0 Å². The third kappa shape index (κ3) is 6.88. The lowest BCUT2D eigenvalue weighted by Crippen LogP contribution is -2.32. The van der Waals surface area contributed by atoms with Gasteiger partial charge in [-0.15, -0.1) is 11.8 Å². The van der Waals surface area contributed by atoms with Crippen LogP contribution in [-0.2, 0) is 0 Å². The van der Waals surface area contributed by atoms with Crippen molar-refractivity contribution >= 4 is 11.8 Å². The van der Waals surface area contributed by atoms with Crippen molar-refractivity contribution in [2.45, 2.75) is 24.8 Å². The number of nitrogens with one attached hydrogen (secondary N) is 2. The Morgan fingerprint density at radius 2 is 1.81 bits per heavy atom. The summed E-state index contributed by atoms with van der Waals surface area (Å²) < 4.78 is 0. The summed E-state index contributed by atoms with van der Waals surface area (Å²) in [6.07, 6.45) is 0. The molecule has 0 radical (unpaired) electrons. The largest absolute Gasteiger partial charge is 0.315 e. The van der Waals surface area contributed by atoms with Crippen molar-refractivity contribution < 1.29 is 0 Å². The quantitative estimate of drug-likeness (QED) is 0.537. The van der Waals surface area contributed by atoms with Gasteiger partial charge in [-0.3, -0.25) is 0 Å². The van der Waals surface area contributed by atoms with Crippen LogP contribution in [0.3, 0.4) is 0 Å². The van der Waals surface area contributed by atoms with Crippen molar-refractivity contribution in [2.75, 3.05) is 25.4 Å². The maximum atomic E-state index is 3.43. The second kappa shape index (κ2) is 8.62. The number of thioether (sulfide) groups is 1. The molecule has 0 unspecified atom stereocenters. The first-order chi connectivity index (χ1) is 7.79. The van der Waals surface area contributed by atoms with Gasteiger partial charge in [-0.2, -0.15) is 0 Å².